The number of thiophene rings is 1. The van der Waals surface area contributed by atoms with E-state index in [2.05, 4.69) is 10.5 Å². The number of hydrazone groups is 1. The Morgan fingerprint density at radius 2 is 2.00 bits per heavy atom. The molecular formula is C20H16Cl2N2O3S. The molecule has 0 unspecified atom stereocenters. The molecule has 0 aliphatic heterocycles. The number of rotatable bonds is 7. The molecule has 8 heteroatoms. The number of carbonyl (C=O) groups is 1. The largest absolute Gasteiger partial charge is 0.493 e. The molecule has 28 heavy (non-hydrogen) atoms. The van der Waals surface area contributed by atoms with Crippen LogP contribution in [0.25, 0.3) is 0 Å². The number of hydrogen-bond donors (Lipinski definition) is 1. The van der Waals surface area contributed by atoms with E-state index in [-0.39, 0.29) is 5.91 Å². The van der Waals surface area contributed by atoms with Crippen LogP contribution < -0.4 is 14.9 Å². The Morgan fingerprint density at radius 1 is 1.21 bits per heavy atom. The highest BCUT2D eigenvalue weighted by atomic mass is 35.5. The smallest absolute Gasteiger partial charge is 0.281 e. The summed E-state index contributed by atoms with van der Waals surface area (Å²) in [6, 6.07) is 14.3. The van der Waals surface area contributed by atoms with E-state index < -0.39 is 0 Å². The molecule has 3 rings (SSSR count). The van der Waals surface area contributed by atoms with Gasteiger partial charge in [-0.25, -0.2) is 5.43 Å². The summed E-state index contributed by atoms with van der Waals surface area (Å²) < 4.78 is 11.2. The van der Waals surface area contributed by atoms with E-state index in [9.17, 15) is 4.79 Å². The third-order valence-corrected chi connectivity index (χ3v) is 5.07. The summed E-state index contributed by atoms with van der Waals surface area (Å²) in [4.78, 5) is 12.5. The first-order chi connectivity index (χ1) is 13.6. The van der Waals surface area contributed by atoms with E-state index in [1.165, 1.54) is 24.7 Å². The van der Waals surface area contributed by atoms with Crippen molar-refractivity contribution >= 4 is 46.7 Å². The second-order valence-electron chi connectivity index (χ2n) is 5.63. The van der Waals surface area contributed by atoms with Gasteiger partial charge in [-0.15, -0.1) is 11.3 Å². The molecule has 0 aliphatic carbocycles. The monoisotopic (exact) mass is 434 g/mol. The fourth-order valence-electron chi connectivity index (χ4n) is 2.32. The van der Waals surface area contributed by atoms with E-state index in [1.807, 2.05) is 17.5 Å². The first-order valence-corrected chi connectivity index (χ1v) is 9.82. The molecule has 0 fully saturated rings. The highest BCUT2D eigenvalue weighted by Crippen LogP contribution is 2.36. The van der Waals surface area contributed by atoms with Gasteiger partial charge >= 0.3 is 0 Å². The van der Waals surface area contributed by atoms with Crippen LogP contribution in [0.5, 0.6) is 11.5 Å². The third kappa shape index (κ3) is 5.25. The first-order valence-electron chi connectivity index (χ1n) is 8.18. The van der Waals surface area contributed by atoms with E-state index >= 15 is 0 Å². The number of nitrogens with one attached hydrogen (secondary N) is 1. The van der Waals surface area contributed by atoms with Gasteiger partial charge < -0.3 is 9.47 Å². The Hall–Kier alpha value is -2.54. The fraction of sp³-hybridized carbons (Fsp3) is 0.100. The highest BCUT2D eigenvalue weighted by Gasteiger charge is 2.12. The number of methoxy groups -OCH3 is 1. The molecule has 2 aromatic carbocycles. The fourth-order valence-corrected chi connectivity index (χ4v) is 3.33. The molecule has 144 valence electrons. The first kappa shape index (κ1) is 20.2. The summed E-state index contributed by atoms with van der Waals surface area (Å²) in [7, 11) is 1.53. The topological polar surface area (TPSA) is 59.9 Å². The van der Waals surface area contributed by atoms with Crippen molar-refractivity contribution in [2.75, 3.05) is 7.11 Å². The van der Waals surface area contributed by atoms with E-state index in [4.69, 9.17) is 32.7 Å². The van der Waals surface area contributed by atoms with Crippen LogP contribution in [0, 0.1) is 0 Å². The lowest BCUT2D eigenvalue weighted by Gasteiger charge is -2.13. The van der Waals surface area contributed by atoms with Crippen molar-refractivity contribution in [1.82, 2.24) is 5.43 Å². The maximum Gasteiger partial charge on any atom is 0.281 e. The normalized spacial score (nSPS) is 10.8. The van der Waals surface area contributed by atoms with E-state index in [1.54, 1.807) is 36.4 Å². The zero-order valence-electron chi connectivity index (χ0n) is 14.8. The van der Waals surface area contributed by atoms with Crippen molar-refractivity contribution < 1.29 is 14.3 Å². The van der Waals surface area contributed by atoms with Crippen LogP contribution in [-0.4, -0.2) is 19.2 Å². The molecule has 0 saturated heterocycles. The van der Waals surface area contributed by atoms with Crippen LogP contribution in [0.2, 0.25) is 10.0 Å². The molecular weight excluding hydrogens is 419 g/mol. The van der Waals surface area contributed by atoms with Crippen LogP contribution in [-0.2, 0) is 6.61 Å². The van der Waals surface area contributed by atoms with Crippen molar-refractivity contribution in [3.8, 4) is 11.5 Å². The summed E-state index contributed by atoms with van der Waals surface area (Å²) in [6.45, 7) is 0.317. The highest BCUT2D eigenvalue weighted by molar-refractivity contribution is 7.12. The molecule has 1 N–H and O–H groups in total. The predicted octanol–water partition coefficient (Wildman–Crippen LogP) is 5.41. The van der Waals surface area contributed by atoms with Crippen LogP contribution >= 0.6 is 34.5 Å². The molecule has 1 heterocycles. The van der Waals surface area contributed by atoms with Gasteiger partial charge in [-0.05, 0) is 46.8 Å². The molecule has 0 atom stereocenters. The Balaban J connectivity index is 1.69. The Morgan fingerprint density at radius 3 is 2.68 bits per heavy atom. The van der Waals surface area contributed by atoms with Crippen LogP contribution in [0.1, 0.15) is 20.8 Å². The number of amides is 1. The van der Waals surface area contributed by atoms with Gasteiger partial charge in [-0.1, -0.05) is 41.4 Å². The second-order valence-corrected chi connectivity index (χ2v) is 7.42. The minimum Gasteiger partial charge on any atom is -0.493 e. The van der Waals surface area contributed by atoms with Crippen LogP contribution in [0.3, 0.4) is 0 Å². The summed E-state index contributed by atoms with van der Waals surface area (Å²) in [6.07, 6.45) is 1.49. The molecule has 0 saturated carbocycles. The summed E-state index contributed by atoms with van der Waals surface area (Å²) in [5, 5.41) is 6.82. The number of carbonyl (C=O) groups excluding carboxylic acids is 1. The predicted molar refractivity (Wildman–Crippen MR) is 113 cm³/mol. The molecule has 0 spiro atoms. The van der Waals surface area contributed by atoms with Crippen molar-refractivity contribution in [2.45, 2.75) is 6.61 Å². The molecule has 0 bridgehead atoms. The summed E-state index contributed by atoms with van der Waals surface area (Å²) in [5.74, 6) is 0.624. The minimum absolute atomic E-state index is 0.271. The summed E-state index contributed by atoms with van der Waals surface area (Å²) in [5.41, 5.74) is 4.08. The maximum atomic E-state index is 11.9. The minimum atomic E-state index is -0.271. The molecule has 1 amide bonds. The van der Waals surface area contributed by atoms with Gasteiger partial charge in [-0.2, -0.15) is 5.10 Å². The zero-order chi connectivity index (χ0) is 19.9. The van der Waals surface area contributed by atoms with Gasteiger partial charge in [0.2, 0.25) is 0 Å². The number of hydrogen-bond acceptors (Lipinski definition) is 5. The lowest BCUT2D eigenvalue weighted by Crippen LogP contribution is -2.16. The standard InChI is InChI=1S/C20H16Cl2N2O3S/c1-26-17-10-14(11-23-24-20(25)18-3-2-8-28-18)9-16(22)19(17)27-12-13-4-6-15(21)7-5-13/h2-11H,12H2,1H3,(H,24,25)/b23-11+. The van der Waals surface area contributed by atoms with E-state index in [0.29, 0.717) is 38.6 Å². The third-order valence-electron chi connectivity index (χ3n) is 3.67. The van der Waals surface area contributed by atoms with Crippen molar-refractivity contribution in [3.63, 3.8) is 0 Å². The average molecular weight is 435 g/mol. The Kier molecular flexibility index (Phi) is 6.92. The quantitative estimate of drug-likeness (QED) is 0.399. The van der Waals surface area contributed by atoms with Crippen molar-refractivity contribution in [3.05, 3.63) is 80.0 Å². The van der Waals surface area contributed by atoms with Crippen molar-refractivity contribution in [2.24, 2.45) is 5.10 Å². The zero-order valence-corrected chi connectivity index (χ0v) is 17.1. The van der Waals surface area contributed by atoms with Gasteiger partial charge in [-0.3, -0.25) is 4.79 Å². The molecule has 5 nitrogen and oxygen atoms in total. The van der Waals surface area contributed by atoms with Gasteiger partial charge in [0, 0.05) is 5.02 Å². The molecule has 0 aliphatic rings. The number of benzene rings is 2. The van der Waals surface area contributed by atoms with Crippen molar-refractivity contribution in [1.29, 1.82) is 0 Å². The van der Waals surface area contributed by atoms with Gasteiger partial charge in [0.15, 0.2) is 11.5 Å². The average Bonchev–Trinajstić information content (AvgIpc) is 3.23. The maximum absolute atomic E-state index is 11.9. The summed E-state index contributed by atoms with van der Waals surface area (Å²) >= 11 is 13.6. The number of ether oxygens (including phenoxy) is 2. The molecule has 0 radical (unpaired) electrons. The lowest BCUT2D eigenvalue weighted by molar-refractivity contribution is 0.0959. The Bertz CT molecular complexity index is 974. The molecule has 1 aromatic heterocycles. The number of nitrogens with zero attached hydrogens (tertiary/aromatic N) is 1. The Labute approximate surface area is 176 Å². The van der Waals surface area contributed by atoms with Crippen LogP contribution in [0.4, 0.5) is 0 Å². The van der Waals surface area contributed by atoms with Gasteiger partial charge in [0.05, 0.1) is 23.2 Å². The number of halogens is 2. The van der Waals surface area contributed by atoms with Gasteiger partial charge in [0.1, 0.15) is 6.61 Å². The lowest BCUT2D eigenvalue weighted by atomic mass is 10.2. The SMILES string of the molecule is COc1cc(/C=N/NC(=O)c2cccs2)cc(Cl)c1OCc1ccc(Cl)cc1. The van der Waals surface area contributed by atoms with Crippen LogP contribution in [0.15, 0.2) is 59.0 Å². The van der Waals surface area contributed by atoms with Gasteiger partial charge in [0.25, 0.3) is 5.91 Å². The second kappa shape index (κ2) is 9.59. The molecule has 3 aromatic rings. The van der Waals surface area contributed by atoms with E-state index in [0.717, 1.165) is 5.56 Å².